The van der Waals surface area contributed by atoms with E-state index in [4.69, 9.17) is 5.73 Å². The van der Waals surface area contributed by atoms with Crippen LogP contribution in [0.2, 0.25) is 0 Å². The fourth-order valence-corrected chi connectivity index (χ4v) is 4.11. The molecule has 1 aliphatic heterocycles. The Balaban J connectivity index is 1.58. The Bertz CT molecular complexity index is 678. The van der Waals surface area contributed by atoms with Gasteiger partial charge in [-0.2, -0.15) is 0 Å². The minimum atomic E-state index is -0.641. The van der Waals surface area contributed by atoms with Gasteiger partial charge in [0, 0.05) is 19.5 Å². The number of carbonyl (C=O) groups is 3. The Morgan fingerprint density at radius 2 is 1.48 bits per heavy atom. The number of benzene rings is 1. The van der Waals surface area contributed by atoms with E-state index in [1.165, 1.54) is 38.5 Å². The van der Waals surface area contributed by atoms with Gasteiger partial charge in [0.2, 0.25) is 11.7 Å². The Morgan fingerprint density at radius 1 is 0.903 bits per heavy atom. The largest absolute Gasteiger partial charge is 0.349 e. The van der Waals surface area contributed by atoms with Crippen LogP contribution < -0.4 is 11.1 Å². The van der Waals surface area contributed by atoms with Crippen molar-refractivity contribution in [3.8, 4) is 0 Å². The van der Waals surface area contributed by atoms with Crippen LogP contribution in [0.1, 0.15) is 82.6 Å². The summed E-state index contributed by atoms with van der Waals surface area (Å²) in [5, 5.41) is 2.75. The molecule has 0 aromatic heterocycles. The number of ketones is 1. The van der Waals surface area contributed by atoms with Crippen LogP contribution >= 0.6 is 0 Å². The zero-order valence-electron chi connectivity index (χ0n) is 18.8. The SMILES string of the molecule is NCCCCCCCCCCCCNC(=O)C(=O)C1CCC(=O)N1Cc1ccccc1. The third-order valence-corrected chi connectivity index (χ3v) is 5.97. The number of rotatable bonds is 16. The monoisotopic (exact) mass is 429 g/mol. The summed E-state index contributed by atoms with van der Waals surface area (Å²) in [6, 6.07) is 8.93. The van der Waals surface area contributed by atoms with E-state index in [0.29, 0.717) is 25.9 Å². The summed E-state index contributed by atoms with van der Waals surface area (Å²) in [5.41, 5.74) is 6.46. The van der Waals surface area contributed by atoms with E-state index in [1.54, 1.807) is 4.90 Å². The van der Waals surface area contributed by atoms with Gasteiger partial charge in [0.1, 0.15) is 6.04 Å². The van der Waals surface area contributed by atoms with E-state index in [2.05, 4.69) is 5.32 Å². The summed E-state index contributed by atoms with van der Waals surface area (Å²) < 4.78 is 0. The predicted octanol–water partition coefficient (Wildman–Crippen LogP) is 3.72. The molecule has 1 atom stereocenters. The van der Waals surface area contributed by atoms with Crippen molar-refractivity contribution in [1.82, 2.24) is 10.2 Å². The van der Waals surface area contributed by atoms with Gasteiger partial charge in [0.05, 0.1) is 0 Å². The summed E-state index contributed by atoms with van der Waals surface area (Å²) >= 11 is 0. The summed E-state index contributed by atoms with van der Waals surface area (Å²) in [6.45, 7) is 1.69. The zero-order valence-corrected chi connectivity index (χ0v) is 18.8. The van der Waals surface area contributed by atoms with Crippen LogP contribution in [-0.4, -0.2) is 41.6 Å². The van der Waals surface area contributed by atoms with Gasteiger partial charge in [-0.15, -0.1) is 0 Å². The standard InChI is InChI=1S/C25H39N3O3/c26-18-12-7-5-3-1-2-4-6-8-13-19-27-25(31)24(30)22-16-17-23(29)28(22)20-21-14-10-9-11-15-21/h9-11,14-15,22H,1-8,12-13,16-20,26H2,(H,27,31). The molecule has 1 aliphatic rings. The van der Waals surface area contributed by atoms with Crippen LogP contribution in [0.25, 0.3) is 0 Å². The summed E-state index contributed by atoms with van der Waals surface area (Å²) in [5.74, 6) is -1.11. The molecule has 6 heteroatoms. The van der Waals surface area contributed by atoms with Crippen molar-refractivity contribution in [2.75, 3.05) is 13.1 Å². The van der Waals surface area contributed by atoms with Crippen molar-refractivity contribution in [3.63, 3.8) is 0 Å². The van der Waals surface area contributed by atoms with Gasteiger partial charge < -0.3 is 16.0 Å². The third kappa shape index (κ3) is 9.21. The minimum absolute atomic E-state index is 0.0608. The van der Waals surface area contributed by atoms with E-state index >= 15 is 0 Å². The number of nitrogens with one attached hydrogen (secondary N) is 1. The summed E-state index contributed by atoms with van der Waals surface area (Å²) in [4.78, 5) is 38.7. The number of nitrogens with two attached hydrogens (primary N) is 1. The van der Waals surface area contributed by atoms with Crippen LogP contribution in [-0.2, 0) is 20.9 Å². The van der Waals surface area contributed by atoms with Crippen LogP contribution in [0, 0.1) is 0 Å². The van der Waals surface area contributed by atoms with Gasteiger partial charge in [-0.3, -0.25) is 14.4 Å². The van der Waals surface area contributed by atoms with Crippen molar-refractivity contribution >= 4 is 17.6 Å². The molecular formula is C25H39N3O3. The molecular weight excluding hydrogens is 390 g/mol. The maximum atomic E-state index is 12.6. The fourth-order valence-electron chi connectivity index (χ4n) is 4.11. The van der Waals surface area contributed by atoms with Crippen molar-refractivity contribution < 1.29 is 14.4 Å². The second-order valence-corrected chi connectivity index (χ2v) is 8.51. The van der Waals surface area contributed by atoms with Crippen molar-refractivity contribution in [3.05, 3.63) is 35.9 Å². The van der Waals surface area contributed by atoms with Gasteiger partial charge >= 0.3 is 0 Å². The highest BCUT2D eigenvalue weighted by molar-refractivity contribution is 6.38. The van der Waals surface area contributed by atoms with Crippen LogP contribution in [0.15, 0.2) is 30.3 Å². The fraction of sp³-hybridized carbons (Fsp3) is 0.640. The highest BCUT2D eigenvalue weighted by Crippen LogP contribution is 2.22. The first-order chi connectivity index (χ1) is 15.1. The molecule has 31 heavy (non-hydrogen) atoms. The lowest BCUT2D eigenvalue weighted by molar-refractivity contribution is -0.143. The highest BCUT2D eigenvalue weighted by atomic mass is 16.2. The predicted molar refractivity (Wildman–Crippen MR) is 123 cm³/mol. The molecule has 1 saturated heterocycles. The topological polar surface area (TPSA) is 92.5 Å². The normalized spacial score (nSPS) is 16.0. The van der Waals surface area contributed by atoms with Gasteiger partial charge in [-0.25, -0.2) is 0 Å². The molecule has 3 N–H and O–H groups in total. The molecule has 0 bridgehead atoms. The van der Waals surface area contributed by atoms with Crippen molar-refractivity contribution in [2.24, 2.45) is 5.73 Å². The first kappa shape index (κ1) is 25.1. The van der Waals surface area contributed by atoms with E-state index < -0.39 is 17.7 Å². The maximum absolute atomic E-state index is 12.6. The molecule has 172 valence electrons. The molecule has 1 unspecified atom stereocenters. The smallest absolute Gasteiger partial charge is 0.289 e. The molecule has 0 aliphatic carbocycles. The number of unbranched alkanes of at least 4 members (excludes halogenated alkanes) is 9. The summed E-state index contributed by atoms with van der Waals surface area (Å²) in [6.07, 6.45) is 12.6. The van der Waals surface area contributed by atoms with Crippen molar-refractivity contribution in [2.45, 2.75) is 89.6 Å². The molecule has 0 radical (unpaired) electrons. The molecule has 1 heterocycles. The molecule has 1 aromatic carbocycles. The second-order valence-electron chi connectivity index (χ2n) is 8.51. The number of likely N-dealkylation sites (tertiary alicyclic amines) is 1. The Hall–Kier alpha value is -2.21. The number of Topliss-reactive ketones (excluding diaryl/α,β-unsaturated/α-hetero) is 1. The molecule has 1 fully saturated rings. The number of carbonyl (C=O) groups excluding carboxylic acids is 3. The minimum Gasteiger partial charge on any atom is -0.349 e. The number of amides is 2. The Morgan fingerprint density at radius 3 is 2.10 bits per heavy atom. The Labute approximate surface area is 186 Å². The average Bonchev–Trinajstić information content (AvgIpc) is 3.14. The van der Waals surface area contributed by atoms with E-state index in [9.17, 15) is 14.4 Å². The Kier molecular flexibility index (Phi) is 11.9. The average molecular weight is 430 g/mol. The number of hydrogen-bond acceptors (Lipinski definition) is 4. The van der Waals surface area contributed by atoms with Crippen LogP contribution in [0.5, 0.6) is 0 Å². The van der Waals surface area contributed by atoms with Gasteiger partial charge in [-0.1, -0.05) is 81.7 Å². The number of hydrogen-bond donors (Lipinski definition) is 2. The molecule has 2 amide bonds. The molecule has 1 aromatic rings. The second kappa shape index (κ2) is 14.7. The highest BCUT2D eigenvalue weighted by Gasteiger charge is 2.38. The van der Waals surface area contributed by atoms with Crippen LogP contribution in [0.3, 0.4) is 0 Å². The zero-order chi connectivity index (χ0) is 22.3. The third-order valence-electron chi connectivity index (χ3n) is 5.97. The maximum Gasteiger partial charge on any atom is 0.289 e. The van der Waals surface area contributed by atoms with E-state index in [-0.39, 0.29) is 5.91 Å². The van der Waals surface area contributed by atoms with Crippen molar-refractivity contribution in [1.29, 1.82) is 0 Å². The van der Waals surface area contributed by atoms with Gasteiger partial charge in [0.25, 0.3) is 5.91 Å². The van der Waals surface area contributed by atoms with Gasteiger partial charge in [-0.05, 0) is 31.4 Å². The van der Waals surface area contributed by atoms with E-state index in [1.807, 2.05) is 30.3 Å². The summed E-state index contributed by atoms with van der Waals surface area (Å²) in [7, 11) is 0. The first-order valence-corrected chi connectivity index (χ1v) is 12.0. The number of nitrogens with zero attached hydrogens (tertiary/aromatic N) is 1. The van der Waals surface area contributed by atoms with E-state index in [0.717, 1.165) is 37.8 Å². The quantitative estimate of drug-likeness (QED) is 0.309. The van der Waals surface area contributed by atoms with Gasteiger partial charge in [0.15, 0.2) is 0 Å². The molecule has 0 saturated carbocycles. The lowest BCUT2D eigenvalue weighted by Crippen LogP contribution is -2.45. The molecule has 0 spiro atoms. The lowest BCUT2D eigenvalue weighted by Gasteiger charge is -2.23. The molecule has 2 rings (SSSR count). The first-order valence-electron chi connectivity index (χ1n) is 12.0. The van der Waals surface area contributed by atoms with Crippen LogP contribution in [0.4, 0.5) is 0 Å². The lowest BCUT2D eigenvalue weighted by atomic mass is 10.1. The molecule has 6 nitrogen and oxygen atoms in total.